The van der Waals surface area contributed by atoms with Crippen LogP contribution in [-0.2, 0) is 4.79 Å². The molecule has 0 fully saturated rings. The van der Waals surface area contributed by atoms with E-state index in [0.717, 1.165) is 6.42 Å². The van der Waals surface area contributed by atoms with Gasteiger partial charge in [0.15, 0.2) is 0 Å². The SMILES string of the molecule is CC(CC1=S(C)C1)C(N)C(=O)O. The van der Waals surface area contributed by atoms with Crippen molar-refractivity contribution in [2.45, 2.75) is 19.4 Å². The third-order valence-corrected chi connectivity index (χ3v) is 3.96. The monoisotopic (exact) mass is 189 g/mol. The van der Waals surface area contributed by atoms with Crippen LogP contribution < -0.4 is 5.73 Å². The molecule has 12 heavy (non-hydrogen) atoms. The molecule has 3 N–H and O–H groups in total. The number of carbonyl (C=O) groups is 1. The van der Waals surface area contributed by atoms with Gasteiger partial charge in [0.2, 0.25) is 0 Å². The van der Waals surface area contributed by atoms with Crippen molar-refractivity contribution in [3.8, 4) is 0 Å². The Bertz CT molecular complexity index is 237. The molecule has 0 saturated carbocycles. The van der Waals surface area contributed by atoms with E-state index in [9.17, 15) is 4.79 Å². The minimum atomic E-state index is -0.889. The molecule has 1 aliphatic heterocycles. The van der Waals surface area contributed by atoms with Crippen LogP contribution in [0.1, 0.15) is 13.3 Å². The normalized spacial score (nSPS) is 26.6. The van der Waals surface area contributed by atoms with E-state index in [2.05, 4.69) is 6.26 Å². The number of hydrogen-bond donors (Lipinski definition) is 2. The molecule has 1 aliphatic rings. The highest BCUT2D eigenvalue weighted by molar-refractivity contribution is 8.23. The number of carboxylic acid groups (broad SMARTS) is 1. The second kappa shape index (κ2) is 3.58. The Morgan fingerprint density at radius 2 is 2.33 bits per heavy atom. The summed E-state index contributed by atoms with van der Waals surface area (Å²) in [6, 6.07) is -0.699. The van der Waals surface area contributed by atoms with E-state index in [1.54, 1.807) is 0 Å². The minimum absolute atomic E-state index is 0.0787. The molecule has 0 aromatic rings. The number of hydrogen-bond acceptors (Lipinski definition) is 2. The average molecular weight is 189 g/mol. The Hall–Kier alpha value is -0.350. The summed E-state index contributed by atoms with van der Waals surface area (Å²) < 4.78 is 0. The molecule has 4 heteroatoms. The summed E-state index contributed by atoms with van der Waals surface area (Å²) in [5, 5.41) is 8.62. The van der Waals surface area contributed by atoms with Crippen molar-refractivity contribution in [1.82, 2.24) is 0 Å². The Labute approximate surface area is 74.9 Å². The van der Waals surface area contributed by atoms with Crippen LogP contribution in [0.25, 0.3) is 0 Å². The predicted octanol–water partition coefficient (Wildman–Crippen LogP) is 0.509. The second-order valence-electron chi connectivity index (χ2n) is 3.37. The molecule has 0 spiro atoms. The summed E-state index contributed by atoms with van der Waals surface area (Å²) in [6.07, 6.45) is 3.08. The van der Waals surface area contributed by atoms with Crippen molar-refractivity contribution in [2.75, 3.05) is 12.0 Å². The van der Waals surface area contributed by atoms with Gasteiger partial charge in [0.05, 0.1) is 0 Å². The molecule has 0 amide bonds. The topological polar surface area (TPSA) is 63.3 Å². The average Bonchev–Trinajstić information content (AvgIpc) is 2.64. The fourth-order valence-corrected chi connectivity index (χ4v) is 2.59. The first kappa shape index (κ1) is 9.74. The van der Waals surface area contributed by atoms with E-state index in [0.29, 0.717) is 10.5 Å². The van der Waals surface area contributed by atoms with Gasteiger partial charge in [-0.1, -0.05) is 6.92 Å². The molecule has 1 rings (SSSR count). The Morgan fingerprint density at radius 3 is 2.67 bits per heavy atom. The molecular weight excluding hydrogens is 174 g/mol. The van der Waals surface area contributed by atoms with Crippen molar-refractivity contribution in [2.24, 2.45) is 11.7 Å². The molecular formula is C8H15NO2S. The second-order valence-corrected chi connectivity index (χ2v) is 5.51. The lowest BCUT2D eigenvalue weighted by Crippen LogP contribution is -2.37. The molecule has 0 bridgehead atoms. The third-order valence-electron chi connectivity index (χ3n) is 2.23. The molecule has 0 aliphatic carbocycles. The van der Waals surface area contributed by atoms with Gasteiger partial charge >= 0.3 is 5.97 Å². The Balaban J connectivity index is 2.37. The van der Waals surface area contributed by atoms with E-state index in [-0.39, 0.29) is 5.92 Å². The maximum absolute atomic E-state index is 10.5. The summed E-state index contributed by atoms with van der Waals surface area (Å²) in [4.78, 5) is 12.0. The van der Waals surface area contributed by atoms with Gasteiger partial charge in [-0.05, 0) is 23.5 Å². The highest BCUT2D eigenvalue weighted by atomic mass is 32.2. The first-order valence-corrected chi connectivity index (χ1v) is 5.78. The highest BCUT2D eigenvalue weighted by Gasteiger charge is 2.25. The molecule has 3 nitrogen and oxygen atoms in total. The van der Waals surface area contributed by atoms with Gasteiger partial charge in [-0.2, -0.15) is 10.5 Å². The van der Waals surface area contributed by atoms with Crippen molar-refractivity contribution >= 4 is 21.3 Å². The molecule has 3 unspecified atom stereocenters. The van der Waals surface area contributed by atoms with Gasteiger partial charge in [0.1, 0.15) is 6.04 Å². The smallest absolute Gasteiger partial charge is 0.320 e. The minimum Gasteiger partial charge on any atom is -0.480 e. The van der Waals surface area contributed by atoms with Gasteiger partial charge < -0.3 is 10.8 Å². The first-order valence-electron chi connectivity index (χ1n) is 3.98. The van der Waals surface area contributed by atoms with E-state index in [4.69, 9.17) is 10.8 Å². The third kappa shape index (κ3) is 2.32. The molecule has 3 atom stereocenters. The van der Waals surface area contributed by atoms with E-state index in [1.165, 1.54) is 10.6 Å². The molecule has 0 saturated heterocycles. The van der Waals surface area contributed by atoms with Gasteiger partial charge in [0, 0.05) is 5.75 Å². The lowest BCUT2D eigenvalue weighted by Gasteiger charge is -2.13. The Morgan fingerprint density at radius 1 is 1.83 bits per heavy atom. The van der Waals surface area contributed by atoms with Gasteiger partial charge in [-0.25, -0.2) is 0 Å². The fourth-order valence-electron chi connectivity index (χ4n) is 1.14. The predicted molar refractivity (Wildman–Crippen MR) is 52.8 cm³/mol. The van der Waals surface area contributed by atoms with Gasteiger partial charge in [0.25, 0.3) is 0 Å². The summed E-state index contributed by atoms with van der Waals surface area (Å²) in [5.74, 6) is 0.381. The van der Waals surface area contributed by atoms with Crippen molar-refractivity contribution in [1.29, 1.82) is 0 Å². The molecule has 0 aromatic heterocycles. The van der Waals surface area contributed by atoms with Crippen LogP contribution in [0.4, 0.5) is 0 Å². The van der Waals surface area contributed by atoms with Crippen LogP contribution in [0.2, 0.25) is 0 Å². The summed E-state index contributed by atoms with van der Waals surface area (Å²) >= 11 is 0. The molecule has 70 valence electrons. The van der Waals surface area contributed by atoms with Crippen LogP contribution in [0.3, 0.4) is 0 Å². The molecule has 0 aromatic carbocycles. The van der Waals surface area contributed by atoms with Crippen LogP contribution in [0.5, 0.6) is 0 Å². The van der Waals surface area contributed by atoms with Crippen LogP contribution in [-0.4, -0.2) is 34.0 Å². The fraction of sp³-hybridized carbons (Fsp3) is 0.750. The summed E-state index contributed by atoms with van der Waals surface area (Å²) in [5.41, 5.74) is 5.47. The van der Waals surface area contributed by atoms with Crippen molar-refractivity contribution in [3.63, 3.8) is 0 Å². The molecule has 1 heterocycles. The lowest BCUT2D eigenvalue weighted by molar-refractivity contribution is -0.139. The van der Waals surface area contributed by atoms with Crippen LogP contribution in [0, 0.1) is 5.92 Å². The number of rotatable bonds is 4. The Kier molecular flexibility index (Phi) is 2.90. The van der Waals surface area contributed by atoms with Crippen molar-refractivity contribution < 1.29 is 9.90 Å². The van der Waals surface area contributed by atoms with Crippen molar-refractivity contribution in [3.05, 3.63) is 0 Å². The highest BCUT2D eigenvalue weighted by Crippen LogP contribution is 2.30. The number of aliphatic carboxylic acids is 1. The summed E-state index contributed by atoms with van der Waals surface area (Å²) in [7, 11) is 0.469. The quantitative estimate of drug-likeness (QED) is 0.633. The standard InChI is InChI=1S/C8H15NO2S/c1-5(7(9)8(10)11)3-6-4-12(6)2/h5,7H,3-4,9H2,1-2H3,(H,10,11). The first-order chi connectivity index (χ1) is 5.52. The maximum Gasteiger partial charge on any atom is 0.320 e. The van der Waals surface area contributed by atoms with E-state index in [1.807, 2.05) is 6.92 Å². The zero-order chi connectivity index (χ0) is 9.30. The van der Waals surface area contributed by atoms with E-state index >= 15 is 0 Å². The van der Waals surface area contributed by atoms with E-state index < -0.39 is 12.0 Å². The van der Waals surface area contributed by atoms with Crippen LogP contribution in [0.15, 0.2) is 0 Å². The zero-order valence-electron chi connectivity index (χ0n) is 7.41. The van der Waals surface area contributed by atoms with Gasteiger partial charge in [-0.3, -0.25) is 4.79 Å². The van der Waals surface area contributed by atoms with Crippen LogP contribution >= 0.6 is 10.5 Å². The largest absolute Gasteiger partial charge is 0.480 e. The molecule has 0 radical (unpaired) electrons. The number of carboxylic acids is 1. The lowest BCUT2D eigenvalue weighted by atomic mass is 9.98. The summed E-state index contributed by atoms with van der Waals surface area (Å²) in [6.45, 7) is 1.90. The maximum atomic E-state index is 10.5. The van der Waals surface area contributed by atoms with Gasteiger partial charge in [-0.15, -0.1) is 0 Å². The number of nitrogens with two attached hydrogens (primary N) is 1. The zero-order valence-corrected chi connectivity index (χ0v) is 8.23.